The molecule has 0 aliphatic carbocycles. The molecule has 116 valence electrons. The van der Waals surface area contributed by atoms with E-state index in [0.717, 1.165) is 16.7 Å². The maximum atomic E-state index is 9.59. The lowest BCUT2D eigenvalue weighted by molar-refractivity contribution is 0.474. The summed E-state index contributed by atoms with van der Waals surface area (Å²) < 4.78 is 0. The largest absolute Gasteiger partial charge is 0.508 e. The second-order valence-corrected chi connectivity index (χ2v) is 5.84. The van der Waals surface area contributed by atoms with Gasteiger partial charge in [-0.15, -0.1) is 0 Å². The van der Waals surface area contributed by atoms with Crippen LogP contribution in [0.4, 0.5) is 5.69 Å². The SMILES string of the molecule is CC(c1ccc(N)cc1)(c1ccc(O)cc1)c1ccc(O)cc1. The van der Waals surface area contributed by atoms with E-state index >= 15 is 0 Å². The number of phenolic OH excluding ortho intramolecular Hbond substituents is 2. The molecular weight excluding hydrogens is 286 g/mol. The van der Waals surface area contributed by atoms with Crippen LogP contribution >= 0.6 is 0 Å². The van der Waals surface area contributed by atoms with Crippen LogP contribution in [-0.4, -0.2) is 10.2 Å². The molecule has 0 saturated carbocycles. The summed E-state index contributed by atoms with van der Waals surface area (Å²) in [4.78, 5) is 0. The Balaban J connectivity index is 2.21. The van der Waals surface area contributed by atoms with Gasteiger partial charge in [-0.1, -0.05) is 36.4 Å². The van der Waals surface area contributed by atoms with Crippen molar-refractivity contribution >= 4 is 5.69 Å². The molecule has 0 unspecified atom stereocenters. The highest BCUT2D eigenvalue weighted by Crippen LogP contribution is 2.40. The summed E-state index contributed by atoms with van der Waals surface area (Å²) >= 11 is 0. The lowest BCUT2D eigenvalue weighted by atomic mass is 9.71. The quantitative estimate of drug-likeness (QED) is 0.505. The van der Waals surface area contributed by atoms with Crippen molar-refractivity contribution in [2.45, 2.75) is 12.3 Å². The van der Waals surface area contributed by atoms with Gasteiger partial charge in [0.15, 0.2) is 0 Å². The monoisotopic (exact) mass is 305 g/mol. The summed E-state index contributed by atoms with van der Waals surface area (Å²) in [6.07, 6.45) is 0. The molecule has 3 aromatic rings. The molecule has 4 N–H and O–H groups in total. The van der Waals surface area contributed by atoms with Crippen molar-refractivity contribution in [1.29, 1.82) is 0 Å². The van der Waals surface area contributed by atoms with E-state index in [9.17, 15) is 10.2 Å². The molecule has 0 spiro atoms. The standard InChI is InChI=1S/C20H19NO2/c1-20(14-2-8-17(21)9-3-14,15-4-10-18(22)11-5-15)16-6-12-19(23)13-7-16/h2-13,22-23H,21H2,1H3. The van der Waals surface area contributed by atoms with E-state index in [1.165, 1.54) is 0 Å². The second-order valence-electron chi connectivity index (χ2n) is 5.84. The number of hydrogen-bond donors (Lipinski definition) is 3. The van der Waals surface area contributed by atoms with Crippen molar-refractivity contribution in [3.8, 4) is 11.5 Å². The van der Waals surface area contributed by atoms with E-state index in [4.69, 9.17) is 5.73 Å². The number of nitrogens with two attached hydrogens (primary N) is 1. The zero-order valence-electron chi connectivity index (χ0n) is 12.9. The van der Waals surface area contributed by atoms with Gasteiger partial charge in [-0.25, -0.2) is 0 Å². The van der Waals surface area contributed by atoms with Crippen molar-refractivity contribution in [2.75, 3.05) is 5.73 Å². The minimum Gasteiger partial charge on any atom is -0.508 e. The van der Waals surface area contributed by atoms with E-state index < -0.39 is 5.41 Å². The van der Waals surface area contributed by atoms with Crippen LogP contribution in [0.25, 0.3) is 0 Å². The first-order valence-corrected chi connectivity index (χ1v) is 7.45. The zero-order chi connectivity index (χ0) is 16.4. The summed E-state index contributed by atoms with van der Waals surface area (Å²) in [5, 5.41) is 19.2. The third-order valence-electron chi connectivity index (χ3n) is 4.38. The Kier molecular flexibility index (Phi) is 3.70. The first-order valence-electron chi connectivity index (χ1n) is 7.45. The number of phenols is 2. The molecule has 0 aliphatic heterocycles. The Morgan fingerprint density at radius 1 is 0.609 bits per heavy atom. The van der Waals surface area contributed by atoms with E-state index in [-0.39, 0.29) is 11.5 Å². The van der Waals surface area contributed by atoms with Crippen LogP contribution < -0.4 is 5.73 Å². The molecule has 0 fully saturated rings. The van der Waals surface area contributed by atoms with Gasteiger partial charge in [0, 0.05) is 11.1 Å². The summed E-state index contributed by atoms with van der Waals surface area (Å²) in [5.74, 6) is 0.471. The van der Waals surface area contributed by atoms with Gasteiger partial charge in [-0.05, 0) is 60.0 Å². The van der Waals surface area contributed by atoms with Crippen molar-refractivity contribution in [3.05, 3.63) is 89.5 Å². The van der Waals surface area contributed by atoms with Gasteiger partial charge in [0.2, 0.25) is 0 Å². The topological polar surface area (TPSA) is 66.5 Å². The molecule has 0 atom stereocenters. The Bertz CT molecular complexity index is 680. The first-order chi connectivity index (χ1) is 11.0. The van der Waals surface area contributed by atoms with E-state index in [1.807, 2.05) is 48.5 Å². The minimum absolute atomic E-state index is 0.235. The number of nitrogen functional groups attached to an aromatic ring is 1. The van der Waals surface area contributed by atoms with Crippen LogP contribution in [0.15, 0.2) is 72.8 Å². The number of anilines is 1. The maximum Gasteiger partial charge on any atom is 0.115 e. The Labute approximate surface area is 135 Å². The van der Waals surface area contributed by atoms with Gasteiger partial charge in [-0.2, -0.15) is 0 Å². The Morgan fingerprint density at radius 2 is 0.913 bits per heavy atom. The van der Waals surface area contributed by atoms with Gasteiger partial charge in [0.05, 0.1) is 0 Å². The molecule has 0 aromatic heterocycles. The van der Waals surface area contributed by atoms with Gasteiger partial charge in [0.1, 0.15) is 11.5 Å². The van der Waals surface area contributed by atoms with E-state index in [0.29, 0.717) is 5.69 Å². The molecule has 0 amide bonds. The van der Waals surface area contributed by atoms with Crippen LogP contribution in [0, 0.1) is 0 Å². The minimum atomic E-state index is -0.422. The molecule has 3 nitrogen and oxygen atoms in total. The van der Waals surface area contributed by atoms with Crippen molar-refractivity contribution in [2.24, 2.45) is 0 Å². The highest BCUT2D eigenvalue weighted by Gasteiger charge is 2.31. The number of aromatic hydroxyl groups is 2. The van der Waals surface area contributed by atoms with Gasteiger partial charge < -0.3 is 15.9 Å². The van der Waals surface area contributed by atoms with Gasteiger partial charge >= 0.3 is 0 Å². The molecule has 0 saturated heterocycles. The maximum absolute atomic E-state index is 9.59. The summed E-state index contributed by atoms with van der Waals surface area (Å²) in [6.45, 7) is 2.12. The van der Waals surface area contributed by atoms with Gasteiger partial charge in [-0.3, -0.25) is 0 Å². The Hall–Kier alpha value is -2.94. The fourth-order valence-electron chi connectivity index (χ4n) is 2.91. The molecule has 0 bridgehead atoms. The molecule has 3 rings (SSSR count). The van der Waals surface area contributed by atoms with Crippen molar-refractivity contribution < 1.29 is 10.2 Å². The van der Waals surface area contributed by atoms with Crippen LogP contribution in [0.2, 0.25) is 0 Å². The summed E-state index contributed by atoms with van der Waals surface area (Å²) in [6, 6.07) is 22.2. The third-order valence-corrected chi connectivity index (χ3v) is 4.38. The highest BCUT2D eigenvalue weighted by molar-refractivity contribution is 5.53. The predicted octanol–water partition coefficient (Wildman–Crippen LogP) is 4.03. The molecule has 3 heteroatoms. The number of rotatable bonds is 3. The summed E-state index contributed by atoms with van der Waals surface area (Å²) in [7, 11) is 0. The van der Waals surface area contributed by atoms with Crippen LogP contribution in [0.3, 0.4) is 0 Å². The third kappa shape index (κ3) is 2.73. The fourth-order valence-corrected chi connectivity index (χ4v) is 2.91. The average molecular weight is 305 g/mol. The first kappa shape index (κ1) is 15.0. The number of hydrogen-bond acceptors (Lipinski definition) is 3. The molecule has 0 heterocycles. The lowest BCUT2D eigenvalue weighted by Crippen LogP contribution is -2.25. The van der Waals surface area contributed by atoms with Crippen LogP contribution in [-0.2, 0) is 5.41 Å². The average Bonchev–Trinajstić information content (AvgIpc) is 2.56. The van der Waals surface area contributed by atoms with E-state index in [1.54, 1.807) is 24.3 Å². The normalized spacial score (nSPS) is 11.3. The Morgan fingerprint density at radius 3 is 1.26 bits per heavy atom. The number of benzene rings is 3. The van der Waals surface area contributed by atoms with Crippen LogP contribution in [0.5, 0.6) is 11.5 Å². The molecule has 0 aliphatic rings. The highest BCUT2D eigenvalue weighted by atomic mass is 16.3. The van der Waals surface area contributed by atoms with Crippen LogP contribution in [0.1, 0.15) is 23.6 Å². The lowest BCUT2D eigenvalue weighted by Gasteiger charge is -2.32. The fraction of sp³-hybridized carbons (Fsp3) is 0.100. The molecule has 0 radical (unpaired) electrons. The smallest absolute Gasteiger partial charge is 0.115 e. The predicted molar refractivity (Wildman–Crippen MR) is 92.6 cm³/mol. The molecular formula is C20H19NO2. The zero-order valence-corrected chi connectivity index (χ0v) is 12.9. The summed E-state index contributed by atoms with van der Waals surface area (Å²) in [5.41, 5.74) is 9.29. The van der Waals surface area contributed by atoms with Crippen molar-refractivity contribution in [1.82, 2.24) is 0 Å². The van der Waals surface area contributed by atoms with Crippen molar-refractivity contribution in [3.63, 3.8) is 0 Å². The molecule has 23 heavy (non-hydrogen) atoms. The van der Waals surface area contributed by atoms with Gasteiger partial charge in [0.25, 0.3) is 0 Å². The molecule has 3 aromatic carbocycles. The van der Waals surface area contributed by atoms with E-state index in [2.05, 4.69) is 6.92 Å². The second kappa shape index (κ2) is 5.69.